The van der Waals surface area contributed by atoms with Crippen molar-refractivity contribution in [2.24, 2.45) is 0 Å². The van der Waals surface area contributed by atoms with E-state index in [0.29, 0.717) is 13.0 Å². The summed E-state index contributed by atoms with van der Waals surface area (Å²) in [7, 11) is 0. The second-order valence-electron chi connectivity index (χ2n) is 5.16. The van der Waals surface area contributed by atoms with Crippen LogP contribution in [0.5, 0.6) is 0 Å². The van der Waals surface area contributed by atoms with E-state index in [2.05, 4.69) is 12.2 Å². The van der Waals surface area contributed by atoms with Crippen molar-refractivity contribution in [2.75, 3.05) is 19.6 Å². The van der Waals surface area contributed by atoms with E-state index >= 15 is 0 Å². The molecule has 5 heteroatoms. The van der Waals surface area contributed by atoms with E-state index in [-0.39, 0.29) is 11.8 Å². The minimum Gasteiger partial charge on any atom is -0.351 e. The van der Waals surface area contributed by atoms with E-state index in [0.717, 1.165) is 37.2 Å². The fourth-order valence-electron chi connectivity index (χ4n) is 2.48. The third-order valence-corrected chi connectivity index (χ3v) is 5.01. The van der Waals surface area contributed by atoms with Crippen molar-refractivity contribution in [3.8, 4) is 0 Å². The normalized spacial score (nSPS) is 14.9. The van der Waals surface area contributed by atoms with Gasteiger partial charge in [-0.3, -0.25) is 9.59 Å². The van der Waals surface area contributed by atoms with Crippen molar-refractivity contribution in [3.05, 3.63) is 21.4 Å². The zero-order chi connectivity index (χ0) is 14.5. The molecule has 1 aromatic heterocycles. The molecule has 0 radical (unpaired) electrons. The summed E-state index contributed by atoms with van der Waals surface area (Å²) in [6, 6.07) is 1.96. The van der Waals surface area contributed by atoms with Gasteiger partial charge in [-0.25, -0.2) is 0 Å². The predicted molar refractivity (Wildman–Crippen MR) is 81.2 cm³/mol. The molecule has 0 aromatic carbocycles. The SMILES string of the molecule is CCc1sc(C(=O)NCCCN2CCCC2=O)cc1C. The Kier molecular flexibility index (Phi) is 5.17. The first-order valence-electron chi connectivity index (χ1n) is 7.27. The molecule has 110 valence electrons. The summed E-state index contributed by atoms with van der Waals surface area (Å²) >= 11 is 1.57. The number of rotatable bonds is 6. The summed E-state index contributed by atoms with van der Waals surface area (Å²) < 4.78 is 0. The van der Waals surface area contributed by atoms with Crippen LogP contribution in [0.1, 0.15) is 46.3 Å². The second-order valence-corrected chi connectivity index (χ2v) is 6.30. The van der Waals surface area contributed by atoms with E-state index in [4.69, 9.17) is 0 Å². The zero-order valence-electron chi connectivity index (χ0n) is 12.2. The molecule has 2 amide bonds. The van der Waals surface area contributed by atoms with Crippen LogP contribution in [0.15, 0.2) is 6.07 Å². The van der Waals surface area contributed by atoms with Gasteiger partial charge in [0.2, 0.25) is 5.91 Å². The number of amides is 2. The number of likely N-dealkylation sites (tertiary alicyclic amines) is 1. The Bertz CT molecular complexity index is 496. The van der Waals surface area contributed by atoms with Crippen LogP contribution in [0.3, 0.4) is 0 Å². The molecule has 0 aliphatic carbocycles. The Morgan fingerprint density at radius 2 is 2.30 bits per heavy atom. The van der Waals surface area contributed by atoms with Gasteiger partial charge < -0.3 is 10.2 Å². The van der Waals surface area contributed by atoms with Gasteiger partial charge >= 0.3 is 0 Å². The molecular weight excluding hydrogens is 272 g/mol. The molecule has 1 aliphatic rings. The molecule has 1 saturated heterocycles. The van der Waals surface area contributed by atoms with Gasteiger partial charge in [-0.1, -0.05) is 6.92 Å². The molecule has 0 saturated carbocycles. The first kappa shape index (κ1) is 15.0. The summed E-state index contributed by atoms with van der Waals surface area (Å²) in [6.07, 6.45) is 3.45. The van der Waals surface area contributed by atoms with Gasteiger partial charge in [-0.2, -0.15) is 0 Å². The maximum atomic E-state index is 12.0. The fourth-order valence-corrected chi connectivity index (χ4v) is 3.51. The predicted octanol–water partition coefficient (Wildman–Crippen LogP) is 2.36. The molecule has 0 spiro atoms. The van der Waals surface area contributed by atoms with E-state index in [1.54, 1.807) is 11.3 Å². The molecule has 0 bridgehead atoms. The van der Waals surface area contributed by atoms with Gasteiger partial charge in [0.05, 0.1) is 4.88 Å². The maximum absolute atomic E-state index is 12.0. The standard InChI is InChI=1S/C15H22N2O2S/c1-3-12-11(2)10-13(20-12)15(19)16-7-5-9-17-8-4-6-14(17)18/h10H,3-9H2,1-2H3,(H,16,19). The summed E-state index contributed by atoms with van der Waals surface area (Å²) in [4.78, 5) is 27.4. The lowest BCUT2D eigenvalue weighted by molar-refractivity contribution is -0.127. The molecule has 1 aliphatic heterocycles. The van der Waals surface area contributed by atoms with E-state index in [1.165, 1.54) is 10.4 Å². The maximum Gasteiger partial charge on any atom is 0.261 e. The van der Waals surface area contributed by atoms with Gasteiger partial charge in [0.15, 0.2) is 0 Å². The molecule has 4 nitrogen and oxygen atoms in total. The third kappa shape index (κ3) is 3.60. The largest absolute Gasteiger partial charge is 0.351 e. The highest BCUT2D eigenvalue weighted by Gasteiger charge is 2.19. The number of hydrogen-bond donors (Lipinski definition) is 1. The minimum absolute atomic E-state index is 0.00514. The quantitative estimate of drug-likeness (QED) is 0.819. The lowest BCUT2D eigenvalue weighted by Gasteiger charge is -2.15. The molecule has 0 unspecified atom stereocenters. The van der Waals surface area contributed by atoms with Gasteiger partial charge in [0.25, 0.3) is 5.91 Å². The van der Waals surface area contributed by atoms with Gasteiger partial charge in [0.1, 0.15) is 0 Å². The molecular formula is C15H22N2O2S. The smallest absolute Gasteiger partial charge is 0.261 e. The van der Waals surface area contributed by atoms with Crippen LogP contribution in [-0.2, 0) is 11.2 Å². The average molecular weight is 294 g/mol. The zero-order valence-corrected chi connectivity index (χ0v) is 13.0. The van der Waals surface area contributed by atoms with Crippen LogP contribution >= 0.6 is 11.3 Å². The number of aryl methyl sites for hydroxylation is 2. The fraction of sp³-hybridized carbons (Fsp3) is 0.600. The van der Waals surface area contributed by atoms with Gasteiger partial charge in [-0.15, -0.1) is 11.3 Å². The van der Waals surface area contributed by atoms with Crippen molar-refractivity contribution < 1.29 is 9.59 Å². The highest BCUT2D eigenvalue weighted by Crippen LogP contribution is 2.22. The van der Waals surface area contributed by atoms with Crippen LogP contribution in [0.25, 0.3) is 0 Å². The average Bonchev–Trinajstić information content (AvgIpc) is 3.00. The van der Waals surface area contributed by atoms with Crippen molar-refractivity contribution in [1.82, 2.24) is 10.2 Å². The Morgan fingerprint density at radius 3 is 2.90 bits per heavy atom. The highest BCUT2D eigenvalue weighted by molar-refractivity contribution is 7.14. The summed E-state index contributed by atoms with van der Waals surface area (Å²) in [5.74, 6) is 0.253. The van der Waals surface area contributed by atoms with Crippen LogP contribution in [-0.4, -0.2) is 36.3 Å². The molecule has 1 N–H and O–H groups in total. The molecule has 1 fully saturated rings. The first-order valence-corrected chi connectivity index (χ1v) is 8.08. The monoisotopic (exact) mass is 294 g/mol. The molecule has 2 heterocycles. The molecule has 1 aromatic rings. The van der Waals surface area contributed by atoms with E-state index in [1.807, 2.05) is 17.9 Å². The van der Waals surface area contributed by atoms with Crippen molar-refractivity contribution in [1.29, 1.82) is 0 Å². The van der Waals surface area contributed by atoms with Crippen LogP contribution < -0.4 is 5.32 Å². The second kappa shape index (κ2) is 6.88. The van der Waals surface area contributed by atoms with E-state index < -0.39 is 0 Å². The Labute approximate surface area is 124 Å². The van der Waals surface area contributed by atoms with Crippen molar-refractivity contribution in [2.45, 2.75) is 39.5 Å². The van der Waals surface area contributed by atoms with Crippen molar-refractivity contribution in [3.63, 3.8) is 0 Å². The lowest BCUT2D eigenvalue weighted by Crippen LogP contribution is -2.30. The topological polar surface area (TPSA) is 49.4 Å². The molecule has 2 rings (SSSR count). The Hall–Kier alpha value is -1.36. The number of carbonyl (C=O) groups excluding carboxylic acids is 2. The lowest BCUT2D eigenvalue weighted by atomic mass is 10.2. The Balaban J connectivity index is 1.73. The summed E-state index contributed by atoms with van der Waals surface area (Å²) in [5, 5.41) is 2.94. The summed E-state index contributed by atoms with van der Waals surface area (Å²) in [5.41, 5.74) is 1.20. The van der Waals surface area contributed by atoms with Crippen LogP contribution in [0.2, 0.25) is 0 Å². The van der Waals surface area contributed by atoms with E-state index in [9.17, 15) is 9.59 Å². The first-order chi connectivity index (χ1) is 9.61. The van der Waals surface area contributed by atoms with Crippen LogP contribution in [0, 0.1) is 6.92 Å². The highest BCUT2D eigenvalue weighted by atomic mass is 32.1. The molecule has 20 heavy (non-hydrogen) atoms. The third-order valence-electron chi connectivity index (χ3n) is 3.63. The Morgan fingerprint density at radius 1 is 1.50 bits per heavy atom. The van der Waals surface area contributed by atoms with Gasteiger partial charge in [0, 0.05) is 30.9 Å². The number of hydrogen-bond acceptors (Lipinski definition) is 3. The number of nitrogens with zero attached hydrogens (tertiary/aromatic N) is 1. The van der Waals surface area contributed by atoms with Gasteiger partial charge in [-0.05, 0) is 37.8 Å². The van der Waals surface area contributed by atoms with Crippen LogP contribution in [0.4, 0.5) is 0 Å². The number of thiophene rings is 1. The van der Waals surface area contributed by atoms with Crippen molar-refractivity contribution >= 4 is 23.2 Å². The number of carbonyl (C=O) groups is 2. The number of nitrogens with one attached hydrogen (secondary N) is 1. The minimum atomic E-state index is 0.00514. The summed E-state index contributed by atoms with van der Waals surface area (Å²) in [6.45, 7) is 6.40. The molecule has 0 atom stereocenters.